The lowest BCUT2D eigenvalue weighted by molar-refractivity contribution is -0.149. The average Bonchev–Trinajstić information content (AvgIpc) is 2.45. The minimum atomic E-state index is -1.95. The first kappa shape index (κ1) is 19.9. The third-order valence-corrected chi connectivity index (χ3v) is 3.38. The lowest BCUT2D eigenvalue weighted by Crippen LogP contribution is -2.31. The second kappa shape index (κ2) is 9.07. The molecule has 5 nitrogen and oxygen atoms in total. The fourth-order valence-corrected chi connectivity index (χ4v) is 2.24. The van der Waals surface area contributed by atoms with Gasteiger partial charge in [-0.2, -0.15) is 0 Å². The van der Waals surface area contributed by atoms with E-state index in [1.165, 1.54) is 20.3 Å². The quantitative estimate of drug-likeness (QED) is 0.761. The van der Waals surface area contributed by atoms with E-state index in [1.54, 1.807) is 13.0 Å². The van der Waals surface area contributed by atoms with Crippen molar-refractivity contribution in [3.63, 3.8) is 0 Å². The van der Waals surface area contributed by atoms with Crippen LogP contribution >= 0.6 is 28.3 Å². The topological polar surface area (TPSA) is 70.8 Å². The van der Waals surface area contributed by atoms with Gasteiger partial charge in [0.15, 0.2) is 11.5 Å². The minimum absolute atomic E-state index is 0. The second-order valence-corrected chi connectivity index (χ2v) is 4.76. The smallest absolute Gasteiger partial charge is 0.342 e. The van der Waals surface area contributed by atoms with Crippen molar-refractivity contribution in [3.05, 3.63) is 22.2 Å². The van der Waals surface area contributed by atoms with E-state index in [9.17, 15) is 9.18 Å². The molecule has 8 heteroatoms. The van der Waals surface area contributed by atoms with Crippen molar-refractivity contribution in [2.75, 3.05) is 20.8 Å². The summed E-state index contributed by atoms with van der Waals surface area (Å²) in [6.07, 6.45) is -1.95. The number of carbonyl (C=O) groups is 1. The van der Waals surface area contributed by atoms with E-state index in [0.717, 1.165) is 0 Å². The van der Waals surface area contributed by atoms with Crippen LogP contribution in [0.2, 0.25) is 0 Å². The summed E-state index contributed by atoms with van der Waals surface area (Å²) in [5.41, 5.74) is 6.18. The highest BCUT2D eigenvalue weighted by atomic mass is 79.9. The van der Waals surface area contributed by atoms with Crippen molar-refractivity contribution in [2.45, 2.75) is 19.1 Å². The highest BCUT2D eigenvalue weighted by Crippen LogP contribution is 2.36. The molecule has 0 bridgehead atoms. The zero-order chi connectivity index (χ0) is 15.3. The van der Waals surface area contributed by atoms with Gasteiger partial charge in [0, 0.05) is 4.47 Å². The van der Waals surface area contributed by atoms with Crippen LogP contribution in [0.15, 0.2) is 16.6 Å². The molecule has 2 atom stereocenters. The highest BCUT2D eigenvalue weighted by molar-refractivity contribution is 9.10. The lowest BCUT2D eigenvalue weighted by atomic mass is 10.0. The monoisotopic (exact) mass is 385 g/mol. The van der Waals surface area contributed by atoms with E-state index >= 15 is 0 Å². The number of ether oxygens (including phenoxy) is 3. The zero-order valence-corrected chi connectivity index (χ0v) is 14.3. The Balaban J connectivity index is 0.00000400. The molecule has 0 aliphatic rings. The maximum atomic E-state index is 14.0. The summed E-state index contributed by atoms with van der Waals surface area (Å²) in [6.45, 7) is 1.70. The molecule has 0 saturated carbocycles. The van der Waals surface area contributed by atoms with Crippen molar-refractivity contribution in [1.29, 1.82) is 0 Å². The van der Waals surface area contributed by atoms with Gasteiger partial charge < -0.3 is 19.9 Å². The van der Waals surface area contributed by atoms with Crippen molar-refractivity contribution in [2.24, 2.45) is 5.73 Å². The maximum absolute atomic E-state index is 14.0. The fraction of sp³-hybridized carbons (Fsp3) is 0.462. The average molecular weight is 387 g/mol. The van der Waals surface area contributed by atoms with E-state index in [-0.39, 0.29) is 19.0 Å². The molecule has 1 unspecified atom stereocenters. The predicted molar refractivity (Wildman–Crippen MR) is 83.0 cm³/mol. The summed E-state index contributed by atoms with van der Waals surface area (Å²) < 4.78 is 29.4. The number of hydrogen-bond acceptors (Lipinski definition) is 5. The standard InChI is InChI=1S/C13H17BrFNO4.ClH/c1-4-20-13(17)11(15)12(16)7-5-9(18-2)10(19-3)6-8(7)14;/h5-6,11-12H,4,16H2,1-3H3;1H/t11?,12-;/m1./s1. The van der Waals surface area contributed by atoms with Crippen molar-refractivity contribution in [3.8, 4) is 11.5 Å². The van der Waals surface area contributed by atoms with Gasteiger partial charge in [-0.05, 0) is 24.6 Å². The summed E-state index contributed by atoms with van der Waals surface area (Å²) >= 11 is 3.27. The SMILES string of the molecule is CCOC(=O)C(F)[C@H](N)c1cc(OC)c(OC)cc1Br.Cl. The van der Waals surface area contributed by atoms with Crippen LogP contribution in [0.1, 0.15) is 18.5 Å². The Morgan fingerprint density at radius 3 is 2.33 bits per heavy atom. The molecule has 0 fully saturated rings. The lowest BCUT2D eigenvalue weighted by Gasteiger charge is -2.19. The van der Waals surface area contributed by atoms with Gasteiger partial charge in [-0.1, -0.05) is 15.9 Å². The highest BCUT2D eigenvalue weighted by Gasteiger charge is 2.30. The zero-order valence-electron chi connectivity index (χ0n) is 11.9. The van der Waals surface area contributed by atoms with Gasteiger partial charge in [-0.25, -0.2) is 9.18 Å². The summed E-state index contributed by atoms with van der Waals surface area (Å²) in [7, 11) is 2.94. The second-order valence-electron chi connectivity index (χ2n) is 3.91. The number of rotatable bonds is 6. The Hall–Kier alpha value is -1.05. The molecule has 0 aromatic heterocycles. The number of methoxy groups -OCH3 is 2. The third-order valence-electron chi connectivity index (χ3n) is 2.69. The van der Waals surface area contributed by atoms with Crippen molar-refractivity contribution < 1.29 is 23.4 Å². The van der Waals surface area contributed by atoms with Crippen LogP contribution in [0.4, 0.5) is 4.39 Å². The summed E-state index contributed by atoms with van der Waals surface area (Å²) in [6, 6.07) is 1.97. The van der Waals surface area contributed by atoms with Gasteiger partial charge in [0.25, 0.3) is 0 Å². The molecule has 0 radical (unpaired) electrons. The van der Waals surface area contributed by atoms with Gasteiger partial charge in [0.2, 0.25) is 6.17 Å². The van der Waals surface area contributed by atoms with Crippen LogP contribution in [0.5, 0.6) is 11.5 Å². The first-order chi connectivity index (χ1) is 9.46. The molecule has 0 saturated heterocycles. The Kier molecular flexibility index (Phi) is 8.61. The van der Waals surface area contributed by atoms with E-state index in [0.29, 0.717) is 21.5 Å². The summed E-state index contributed by atoms with van der Waals surface area (Å²) in [5.74, 6) is -0.110. The third kappa shape index (κ3) is 4.72. The van der Waals surface area contributed by atoms with E-state index in [1.807, 2.05) is 0 Å². The van der Waals surface area contributed by atoms with Crippen LogP contribution < -0.4 is 15.2 Å². The Morgan fingerprint density at radius 1 is 1.33 bits per heavy atom. The molecule has 21 heavy (non-hydrogen) atoms. The Labute approximate surface area is 137 Å². The molecule has 1 aromatic rings. The molecule has 1 aromatic carbocycles. The van der Waals surface area contributed by atoms with Crippen LogP contribution in [0.25, 0.3) is 0 Å². The molecule has 0 heterocycles. The first-order valence-corrected chi connectivity index (χ1v) is 6.73. The summed E-state index contributed by atoms with van der Waals surface area (Å²) in [5, 5.41) is 0. The van der Waals surface area contributed by atoms with Gasteiger partial charge >= 0.3 is 5.97 Å². The fourth-order valence-electron chi connectivity index (χ4n) is 1.65. The molecule has 1 rings (SSSR count). The number of alkyl halides is 1. The van der Waals surface area contributed by atoms with Crippen LogP contribution in [0, 0.1) is 0 Å². The van der Waals surface area contributed by atoms with E-state index in [4.69, 9.17) is 15.2 Å². The number of halogens is 3. The molecule has 2 N–H and O–H groups in total. The van der Waals surface area contributed by atoms with Crippen LogP contribution in [0.3, 0.4) is 0 Å². The predicted octanol–water partition coefficient (Wildman–Crippen LogP) is 2.79. The van der Waals surface area contributed by atoms with Crippen molar-refractivity contribution >= 4 is 34.3 Å². The minimum Gasteiger partial charge on any atom is -0.493 e. The number of hydrogen-bond donors (Lipinski definition) is 1. The van der Waals surface area contributed by atoms with Gasteiger partial charge in [-0.15, -0.1) is 12.4 Å². The van der Waals surface area contributed by atoms with Crippen LogP contribution in [-0.2, 0) is 9.53 Å². The maximum Gasteiger partial charge on any atom is 0.342 e. The number of nitrogens with two attached hydrogens (primary N) is 1. The van der Waals surface area contributed by atoms with E-state index < -0.39 is 18.2 Å². The molecule has 0 spiro atoms. The van der Waals surface area contributed by atoms with Gasteiger partial charge in [-0.3, -0.25) is 0 Å². The van der Waals surface area contributed by atoms with Crippen molar-refractivity contribution in [1.82, 2.24) is 0 Å². The van der Waals surface area contributed by atoms with Gasteiger partial charge in [0.05, 0.1) is 26.9 Å². The Morgan fingerprint density at radius 2 is 1.86 bits per heavy atom. The molecule has 0 aliphatic heterocycles. The first-order valence-electron chi connectivity index (χ1n) is 5.93. The molecule has 120 valence electrons. The number of esters is 1. The van der Waals surface area contributed by atoms with E-state index in [2.05, 4.69) is 20.7 Å². The normalized spacial score (nSPS) is 12.9. The largest absolute Gasteiger partial charge is 0.493 e. The number of benzene rings is 1. The van der Waals surface area contributed by atoms with Gasteiger partial charge in [0.1, 0.15) is 0 Å². The summed E-state index contributed by atoms with van der Waals surface area (Å²) in [4.78, 5) is 11.4. The Bertz CT molecular complexity index is 489. The number of carbonyl (C=O) groups excluding carboxylic acids is 1. The molecule has 0 aliphatic carbocycles. The molecule has 0 amide bonds. The van der Waals surface area contributed by atoms with Crippen LogP contribution in [-0.4, -0.2) is 33.0 Å². The molecular formula is C13H18BrClFNO4. The molecular weight excluding hydrogens is 369 g/mol.